The lowest BCUT2D eigenvalue weighted by atomic mass is 10.2. The van der Waals surface area contributed by atoms with Gasteiger partial charge in [0, 0.05) is 31.4 Å². The van der Waals surface area contributed by atoms with Gasteiger partial charge in [0.25, 0.3) is 0 Å². The first-order valence-corrected chi connectivity index (χ1v) is 6.26. The van der Waals surface area contributed by atoms with Crippen LogP contribution in [0.15, 0.2) is 42.7 Å². The van der Waals surface area contributed by atoms with Gasteiger partial charge in [-0.2, -0.15) is 5.10 Å². The minimum absolute atomic E-state index is 0. The molecule has 0 radical (unpaired) electrons. The lowest BCUT2D eigenvalue weighted by Crippen LogP contribution is -2.29. The first-order valence-electron chi connectivity index (χ1n) is 6.26. The first-order chi connectivity index (χ1) is 9.15. The largest absolute Gasteiger partial charge is 0.352 e. The second-order valence-corrected chi connectivity index (χ2v) is 4.58. The van der Waals surface area contributed by atoms with Crippen molar-refractivity contribution in [1.29, 1.82) is 0 Å². The predicted molar refractivity (Wildman–Crippen MR) is 80.9 cm³/mol. The van der Waals surface area contributed by atoms with E-state index in [1.807, 2.05) is 43.5 Å². The van der Waals surface area contributed by atoms with Gasteiger partial charge in [-0.05, 0) is 30.7 Å². The molecule has 0 saturated carbocycles. The number of nitrogens with one attached hydrogen (secondary N) is 1. The summed E-state index contributed by atoms with van der Waals surface area (Å²) in [5.74, 6) is -0.0221. The van der Waals surface area contributed by atoms with Crippen LogP contribution < -0.4 is 11.1 Å². The van der Waals surface area contributed by atoms with Crippen molar-refractivity contribution >= 4 is 18.3 Å². The number of hydrogen-bond acceptors (Lipinski definition) is 3. The quantitative estimate of drug-likeness (QED) is 0.880. The first kappa shape index (κ1) is 16.2. The van der Waals surface area contributed by atoms with E-state index in [9.17, 15) is 4.79 Å². The fraction of sp³-hybridized carbons (Fsp3) is 0.286. The number of carbonyl (C=O) groups excluding carboxylic acids is 1. The number of aromatic nitrogens is 2. The Kier molecular flexibility index (Phi) is 6.21. The summed E-state index contributed by atoms with van der Waals surface area (Å²) in [7, 11) is 0. The average molecular weight is 295 g/mol. The van der Waals surface area contributed by atoms with Crippen molar-refractivity contribution < 1.29 is 4.79 Å². The molecule has 1 aromatic carbocycles. The zero-order valence-corrected chi connectivity index (χ0v) is 12.1. The molecule has 0 aliphatic carbocycles. The van der Waals surface area contributed by atoms with Gasteiger partial charge < -0.3 is 11.1 Å². The third-order valence-corrected chi connectivity index (χ3v) is 2.70. The van der Waals surface area contributed by atoms with Crippen molar-refractivity contribution in [3.63, 3.8) is 0 Å². The summed E-state index contributed by atoms with van der Waals surface area (Å²) in [5, 5.41) is 7.00. The summed E-state index contributed by atoms with van der Waals surface area (Å²) in [4.78, 5) is 11.5. The lowest BCUT2D eigenvalue weighted by Gasteiger charge is -2.08. The van der Waals surface area contributed by atoms with Crippen molar-refractivity contribution in [1.82, 2.24) is 15.1 Å². The van der Waals surface area contributed by atoms with Crippen LogP contribution in [-0.4, -0.2) is 21.7 Å². The average Bonchev–Trinajstić information content (AvgIpc) is 2.90. The number of amides is 1. The summed E-state index contributed by atoms with van der Waals surface area (Å²) < 4.78 is 1.79. The molecular formula is C14H19ClN4O. The van der Waals surface area contributed by atoms with E-state index in [4.69, 9.17) is 5.73 Å². The van der Waals surface area contributed by atoms with Gasteiger partial charge in [-0.1, -0.05) is 12.1 Å². The van der Waals surface area contributed by atoms with E-state index in [1.54, 1.807) is 10.9 Å². The Labute approximate surface area is 124 Å². The topological polar surface area (TPSA) is 72.9 Å². The molecule has 1 aromatic heterocycles. The van der Waals surface area contributed by atoms with Gasteiger partial charge in [-0.25, -0.2) is 4.68 Å². The molecule has 20 heavy (non-hydrogen) atoms. The lowest BCUT2D eigenvalue weighted by molar-refractivity contribution is -0.121. The molecule has 0 bridgehead atoms. The Morgan fingerprint density at radius 1 is 1.40 bits per heavy atom. The molecule has 0 spiro atoms. The fourth-order valence-corrected chi connectivity index (χ4v) is 1.75. The van der Waals surface area contributed by atoms with Gasteiger partial charge in [-0.15, -0.1) is 12.4 Å². The maximum Gasteiger partial charge on any atom is 0.221 e. The van der Waals surface area contributed by atoms with Gasteiger partial charge in [0.05, 0.1) is 5.69 Å². The molecule has 1 atom stereocenters. The highest BCUT2D eigenvalue weighted by Crippen LogP contribution is 2.08. The van der Waals surface area contributed by atoms with E-state index >= 15 is 0 Å². The number of hydrogen-bond donors (Lipinski definition) is 2. The van der Waals surface area contributed by atoms with Crippen LogP contribution in [-0.2, 0) is 11.3 Å². The molecule has 0 aliphatic rings. The van der Waals surface area contributed by atoms with Gasteiger partial charge in [0.15, 0.2) is 0 Å². The number of halogens is 1. The molecule has 5 nitrogen and oxygen atoms in total. The normalized spacial score (nSPS) is 11.5. The SMILES string of the molecule is CC(N)CC(=O)NCc1ccc(-n2cccn2)cc1.Cl. The predicted octanol–water partition coefficient (Wildman–Crippen LogP) is 1.65. The molecule has 1 amide bonds. The highest BCUT2D eigenvalue weighted by molar-refractivity contribution is 5.85. The zero-order chi connectivity index (χ0) is 13.7. The van der Waals surface area contributed by atoms with E-state index < -0.39 is 0 Å². The third-order valence-electron chi connectivity index (χ3n) is 2.70. The molecule has 3 N–H and O–H groups in total. The van der Waals surface area contributed by atoms with Gasteiger partial charge in [0.1, 0.15) is 0 Å². The van der Waals surface area contributed by atoms with Crippen molar-refractivity contribution in [3.05, 3.63) is 48.3 Å². The molecule has 2 rings (SSSR count). The zero-order valence-electron chi connectivity index (χ0n) is 11.3. The minimum Gasteiger partial charge on any atom is -0.352 e. The van der Waals surface area contributed by atoms with E-state index in [1.165, 1.54) is 0 Å². The molecule has 6 heteroatoms. The van der Waals surface area contributed by atoms with Crippen LogP contribution >= 0.6 is 12.4 Å². The molecule has 0 fully saturated rings. The standard InChI is InChI=1S/C14H18N4O.ClH/c1-11(15)9-14(19)16-10-12-3-5-13(6-4-12)18-8-2-7-17-18;/h2-8,11H,9-10,15H2,1H3,(H,16,19);1H. The Bertz CT molecular complexity index is 523. The Morgan fingerprint density at radius 3 is 2.65 bits per heavy atom. The Balaban J connectivity index is 0.00000200. The van der Waals surface area contributed by atoms with Crippen LogP contribution in [0.2, 0.25) is 0 Å². The number of carbonyl (C=O) groups is 1. The summed E-state index contributed by atoms with van der Waals surface area (Å²) >= 11 is 0. The van der Waals surface area contributed by atoms with Crippen molar-refractivity contribution in [3.8, 4) is 5.69 Å². The van der Waals surface area contributed by atoms with E-state index in [0.717, 1.165) is 11.3 Å². The number of rotatable bonds is 5. The highest BCUT2D eigenvalue weighted by atomic mass is 35.5. The van der Waals surface area contributed by atoms with E-state index in [2.05, 4.69) is 10.4 Å². The fourth-order valence-electron chi connectivity index (χ4n) is 1.75. The Hall–Kier alpha value is -1.85. The van der Waals surface area contributed by atoms with Crippen molar-refractivity contribution in [2.24, 2.45) is 5.73 Å². The molecule has 1 unspecified atom stereocenters. The van der Waals surface area contributed by atoms with Gasteiger partial charge >= 0.3 is 0 Å². The van der Waals surface area contributed by atoms with E-state index in [-0.39, 0.29) is 24.4 Å². The Morgan fingerprint density at radius 2 is 2.10 bits per heavy atom. The number of benzene rings is 1. The molecule has 2 aromatic rings. The molecular weight excluding hydrogens is 276 g/mol. The van der Waals surface area contributed by atoms with Crippen LogP contribution in [0.25, 0.3) is 5.69 Å². The van der Waals surface area contributed by atoms with Crippen LogP contribution in [0.1, 0.15) is 18.9 Å². The van der Waals surface area contributed by atoms with Gasteiger partial charge in [0.2, 0.25) is 5.91 Å². The van der Waals surface area contributed by atoms with Crippen LogP contribution in [0, 0.1) is 0 Å². The third kappa shape index (κ3) is 4.68. The van der Waals surface area contributed by atoms with Crippen LogP contribution in [0.3, 0.4) is 0 Å². The van der Waals surface area contributed by atoms with Crippen LogP contribution in [0.4, 0.5) is 0 Å². The van der Waals surface area contributed by atoms with Gasteiger partial charge in [-0.3, -0.25) is 4.79 Å². The van der Waals surface area contributed by atoms with Crippen molar-refractivity contribution in [2.45, 2.75) is 25.9 Å². The number of nitrogens with zero attached hydrogens (tertiary/aromatic N) is 2. The summed E-state index contributed by atoms with van der Waals surface area (Å²) in [6, 6.07) is 9.66. The van der Waals surface area contributed by atoms with E-state index in [0.29, 0.717) is 13.0 Å². The molecule has 0 aliphatic heterocycles. The smallest absolute Gasteiger partial charge is 0.221 e. The highest BCUT2D eigenvalue weighted by Gasteiger charge is 2.04. The molecule has 1 heterocycles. The monoisotopic (exact) mass is 294 g/mol. The van der Waals surface area contributed by atoms with Crippen LogP contribution in [0.5, 0.6) is 0 Å². The second kappa shape index (κ2) is 7.67. The summed E-state index contributed by atoms with van der Waals surface area (Å²) in [6.45, 7) is 2.34. The summed E-state index contributed by atoms with van der Waals surface area (Å²) in [6.07, 6.45) is 3.98. The number of nitrogens with two attached hydrogens (primary N) is 1. The summed E-state index contributed by atoms with van der Waals surface area (Å²) in [5.41, 5.74) is 7.61. The second-order valence-electron chi connectivity index (χ2n) is 4.58. The maximum atomic E-state index is 11.5. The molecule has 108 valence electrons. The molecule has 0 saturated heterocycles. The minimum atomic E-state index is -0.109. The van der Waals surface area contributed by atoms with Crippen molar-refractivity contribution in [2.75, 3.05) is 0 Å². The maximum absolute atomic E-state index is 11.5.